The molecule has 1 aliphatic heterocycles. The average molecular weight is 454 g/mol. The number of fused-ring (bicyclic) bond motifs is 1. The van der Waals surface area contributed by atoms with E-state index in [1.165, 1.54) is 4.90 Å². The summed E-state index contributed by atoms with van der Waals surface area (Å²) in [6.45, 7) is 1.74. The molecule has 0 fully saturated rings. The SMILES string of the molecule is CC(O)CNC(=N)c1c(O)nsc1Nc1cccc(C(=O)N2c3ccccc3CC2O)c1. The highest BCUT2D eigenvalue weighted by molar-refractivity contribution is 7.11. The van der Waals surface area contributed by atoms with Gasteiger partial charge in [-0.15, -0.1) is 0 Å². The van der Waals surface area contributed by atoms with Crippen LogP contribution in [-0.4, -0.2) is 50.3 Å². The van der Waals surface area contributed by atoms with Gasteiger partial charge in [-0.2, -0.15) is 4.37 Å². The number of hydrogen-bond donors (Lipinski definition) is 6. The van der Waals surface area contributed by atoms with E-state index in [9.17, 15) is 20.1 Å². The summed E-state index contributed by atoms with van der Waals surface area (Å²) in [4.78, 5) is 14.6. The first kappa shape index (κ1) is 21.8. The summed E-state index contributed by atoms with van der Waals surface area (Å²) in [5.41, 5.74) is 2.72. The van der Waals surface area contributed by atoms with Crippen molar-refractivity contribution < 1.29 is 20.1 Å². The van der Waals surface area contributed by atoms with E-state index < -0.39 is 12.3 Å². The summed E-state index contributed by atoms with van der Waals surface area (Å²) in [6, 6.07) is 14.2. The van der Waals surface area contributed by atoms with Gasteiger partial charge in [-0.3, -0.25) is 15.1 Å². The maximum Gasteiger partial charge on any atom is 0.260 e. The molecule has 0 spiro atoms. The predicted octanol–water partition coefficient (Wildman–Crippen LogP) is 2.41. The Labute approximate surface area is 188 Å². The first-order valence-corrected chi connectivity index (χ1v) is 10.8. The fraction of sp³-hybridized carbons (Fsp3) is 0.227. The zero-order valence-electron chi connectivity index (χ0n) is 17.2. The molecule has 0 bridgehead atoms. The van der Waals surface area contributed by atoms with Crippen molar-refractivity contribution in [1.82, 2.24) is 9.69 Å². The van der Waals surface area contributed by atoms with Gasteiger partial charge in [0, 0.05) is 29.9 Å². The molecule has 2 unspecified atom stereocenters. The minimum Gasteiger partial charge on any atom is -0.492 e. The Morgan fingerprint density at radius 1 is 1.31 bits per heavy atom. The molecule has 0 radical (unpaired) electrons. The fourth-order valence-corrected chi connectivity index (χ4v) is 4.26. The summed E-state index contributed by atoms with van der Waals surface area (Å²) < 4.78 is 3.90. The first-order valence-electron chi connectivity index (χ1n) is 10.0. The molecule has 6 N–H and O–H groups in total. The topological polar surface area (TPSA) is 142 Å². The van der Waals surface area contributed by atoms with Crippen LogP contribution in [0.25, 0.3) is 0 Å². The van der Waals surface area contributed by atoms with Gasteiger partial charge in [-0.05, 0) is 48.3 Å². The highest BCUT2D eigenvalue weighted by Gasteiger charge is 2.32. The van der Waals surface area contributed by atoms with Crippen LogP contribution < -0.4 is 15.5 Å². The molecule has 1 amide bonds. The number of amides is 1. The third-order valence-electron chi connectivity index (χ3n) is 5.04. The van der Waals surface area contributed by atoms with Gasteiger partial charge < -0.3 is 26.0 Å². The lowest BCUT2D eigenvalue weighted by Gasteiger charge is -2.22. The molecule has 0 saturated heterocycles. The molecule has 166 valence electrons. The van der Waals surface area contributed by atoms with Crippen molar-refractivity contribution in [2.24, 2.45) is 0 Å². The minimum atomic E-state index is -0.929. The third kappa shape index (κ3) is 4.28. The number of nitrogens with one attached hydrogen (secondary N) is 3. The monoisotopic (exact) mass is 453 g/mol. The van der Waals surface area contributed by atoms with Crippen LogP contribution >= 0.6 is 11.5 Å². The van der Waals surface area contributed by atoms with Crippen molar-refractivity contribution in [3.63, 3.8) is 0 Å². The molecule has 2 atom stereocenters. The minimum absolute atomic E-state index is 0.0799. The van der Waals surface area contributed by atoms with Crippen LogP contribution in [-0.2, 0) is 6.42 Å². The Kier molecular flexibility index (Phi) is 6.08. The zero-order chi connectivity index (χ0) is 22.8. The predicted molar refractivity (Wildman–Crippen MR) is 123 cm³/mol. The number of aromatic hydroxyl groups is 1. The summed E-state index contributed by atoms with van der Waals surface area (Å²) in [5, 5.41) is 44.4. The number of para-hydroxylation sites is 1. The van der Waals surface area contributed by atoms with Crippen LogP contribution in [0.4, 0.5) is 16.4 Å². The van der Waals surface area contributed by atoms with E-state index in [1.54, 1.807) is 31.2 Å². The number of aliphatic hydroxyl groups is 2. The Bertz CT molecular complexity index is 1160. The van der Waals surface area contributed by atoms with Crippen molar-refractivity contribution in [3.8, 4) is 5.88 Å². The molecule has 32 heavy (non-hydrogen) atoms. The third-order valence-corrected chi connectivity index (χ3v) is 5.79. The molecule has 0 aliphatic carbocycles. The zero-order valence-corrected chi connectivity index (χ0v) is 18.1. The average Bonchev–Trinajstić information content (AvgIpc) is 3.30. The number of anilines is 3. The molecule has 2 heterocycles. The van der Waals surface area contributed by atoms with E-state index in [0.29, 0.717) is 28.4 Å². The summed E-state index contributed by atoms with van der Waals surface area (Å²) in [5.74, 6) is -0.710. The highest BCUT2D eigenvalue weighted by atomic mass is 32.1. The lowest BCUT2D eigenvalue weighted by Crippen LogP contribution is -2.37. The van der Waals surface area contributed by atoms with Crippen LogP contribution in [0.5, 0.6) is 5.88 Å². The van der Waals surface area contributed by atoms with Gasteiger partial charge in [0.05, 0.1) is 6.10 Å². The molecule has 10 heteroatoms. The Morgan fingerprint density at radius 2 is 2.09 bits per heavy atom. The van der Waals surface area contributed by atoms with Crippen molar-refractivity contribution in [2.75, 3.05) is 16.8 Å². The van der Waals surface area contributed by atoms with Gasteiger partial charge in [0.25, 0.3) is 5.91 Å². The maximum atomic E-state index is 13.2. The summed E-state index contributed by atoms with van der Waals surface area (Å²) >= 11 is 0.974. The summed E-state index contributed by atoms with van der Waals surface area (Å²) in [6.07, 6.45) is -1.21. The van der Waals surface area contributed by atoms with Gasteiger partial charge in [-0.25, -0.2) is 0 Å². The number of carbonyl (C=O) groups is 1. The van der Waals surface area contributed by atoms with Gasteiger partial charge in [0.15, 0.2) is 0 Å². The Morgan fingerprint density at radius 3 is 2.88 bits per heavy atom. The second kappa shape index (κ2) is 8.95. The normalized spacial score (nSPS) is 15.8. The van der Waals surface area contributed by atoms with Crippen LogP contribution in [0.3, 0.4) is 0 Å². The molecule has 9 nitrogen and oxygen atoms in total. The smallest absolute Gasteiger partial charge is 0.260 e. The van der Waals surface area contributed by atoms with E-state index >= 15 is 0 Å². The van der Waals surface area contributed by atoms with Crippen LogP contribution in [0.1, 0.15) is 28.4 Å². The van der Waals surface area contributed by atoms with E-state index in [4.69, 9.17) is 5.41 Å². The molecule has 0 saturated carbocycles. The standard InChI is InChI=1S/C22H23N5O4S/c1-12(28)11-24-19(23)18-20(30)26-32-21(18)25-15-7-4-6-14(9-15)22(31)27-16-8-3-2-5-13(16)10-17(27)29/h2-9,12,17,25,28-29H,10-11H2,1H3,(H2,23,24)(H,26,30). The number of aliphatic hydroxyl groups excluding tert-OH is 2. The lowest BCUT2D eigenvalue weighted by molar-refractivity contribution is 0.0904. The number of nitrogens with zero attached hydrogens (tertiary/aromatic N) is 2. The van der Waals surface area contributed by atoms with Crippen LogP contribution in [0.15, 0.2) is 48.5 Å². The van der Waals surface area contributed by atoms with Gasteiger partial charge in [0.2, 0.25) is 5.88 Å². The van der Waals surface area contributed by atoms with Crippen LogP contribution in [0.2, 0.25) is 0 Å². The molecule has 2 aromatic carbocycles. The Balaban J connectivity index is 1.56. The first-order chi connectivity index (χ1) is 15.3. The summed E-state index contributed by atoms with van der Waals surface area (Å²) in [7, 11) is 0. The van der Waals surface area contributed by atoms with Crippen molar-refractivity contribution in [1.29, 1.82) is 5.41 Å². The van der Waals surface area contributed by atoms with Gasteiger partial charge in [-0.1, -0.05) is 24.3 Å². The van der Waals surface area contributed by atoms with Crippen molar-refractivity contribution >= 4 is 39.7 Å². The van der Waals surface area contributed by atoms with E-state index in [2.05, 4.69) is 15.0 Å². The molecular weight excluding hydrogens is 430 g/mol. The molecule has 1 aromatic heterocycles. The quantitative estimate of drug-likeness (QED) is 0.249. The maximum absolute atomic E-state index is 13.2. The van der Waals surface area contributed by atoms with Crippen LogP contribution in [0, 0.1) is 5.41 Å². The molecular formula is C22H23N5O4S. The number of aromatic nitrogens is 1. The van der Waals surface area contributed by atoms with Gasteiger partial charge >= 0.3 is 0 Å². The number of carbonyl (C=O) groups excluding carboxylic acids is 1. The number of benzene rings is 2. The Hall–Kier alpha value is -3.47. The largest absolute Gasteiger partial charge is 0.492 e. The number of hydrogen-bond acceptors (Lipinski definition) is 8. The number of amidine groups is 1. The number of rotatable bonds is 6. The van der Waals surface area contributed by atoms with E-state index in [0.717, 1.165) is 17.1 Å². The second-order valence-electron chi connectivity index (χ2n) is 7.51. The molecule has 4 rings (SSSR count). The molecule has 3 aromatic rings. The fourth-order valence-electron chi connectivity index (χ4n) is 3.54. The van der Waals surface area contributed by atoms with E-state index in [1.807, 2.05) is 24.3 Å². The van der Waals surface area contributed by atoms with Gasteiger partial charge in [0.1, 0.15) is 22.6 Å². The lowest BCUT2D eigenvalue weighted by atomic mass is 10.1. The van der Waals surface area contributed by atoms with E-state index in [-0.39, 0.29) is 29.7 Å². The van der Waals surface area contributed by atoms with Crippen molar-refractivity contribution in [2.45, 2.75) is 25.7 Å². The van der Waals surface area contributed by atoms with Crippen molar-refractivity contribution in [3.05, 3.63) is 65.2 Å². The molecule has 1 aliphatic rings. The second-order valence-corrected chi connectivity index (χ2v) is 8.28. The highest BCUT2D eigenvalue weighted by Crippen LogP contribution is 2.34.